The molecule has 0 radical (unpaired) electrons. The number of benzene rings is 2. The number of anilines is 1. The van der Waals surface area contributed by atoms with Gasteiger partial charge in [-0.1, -0.05) is 25.2 Å². The van der Waals surface area contributed by atoms with Crippen molar-refractivity contribution in [2.45, 2.75) is 51.5 Å². The van der Waals surface area contributed by atoms with E-state index in [-0.39, 0.29) is 5.92 Å². The molecule has 3 nitrogen and oxygen atoms in total. The molecule has 2 saturated heterocycles. The fraction of sp³-hybridized carbons (Fsp3) is 0.400. The number of hydrogen-bond donors (Lipinski definition) is 0. The van der Waals surface area contributed by atoms with Crippen molar-refractivity contribution in [2.75, 3.05) is 11.5 Å². The summed E-state index contributed by atoms with van der Waals surface area (Å²) >= 11 is 0. The summed E-state index contributed by atoms with van der Waals surface area (Å²) in [6.07, 6.45) is 6.60. The minimum atomic E-state index is 0.235. The highest BCUT2D eigenvalue weighted by atomic mass is 16.5. The molecular formula is C25H27NO2. The molecule has 0 atom stereocenters. The van der Waals surface area contributed by atoms with Gasteiger partial charge in [-0.3, -0.25) is 4.79 Å². The number of carbonyl (C=O) groups excluding carboxylic acids is 1. The molecule has 2 heterocycles. The van der Waals surface area contributed by atoms with Crippen LogP contribution in [0.25, 0.3) is 0 Å². The number of amides is 1. The maximum atomic E-state index is 12.6. The van der Waals surface area contributed by atoms with Crippen molar-refractivity contribution in [2.24, 2.45) is 5.92 Å². The van der Waals surface area contributed by atoms with Gasteiger partial charge in [0.15, 0.2) is 0 Å². The molecule has 28 heavy (non-hydrogen) atoms. The van der Waals surface area contributed by atoms with E-state index < -0.39 is 0 Å². The predicted molar refractivity (Wildman–Crippen MR) is 112 cm³/mol. The zero-order chi connectivity index (χ0) is 19.3. The van der Waals surface area contributed by atoms with Crippen LogP contribution in [0.5, 0.6) is 5.75 Å². The number of piperidine rings is 2. The van der Waals surface area contributed by atoms with Gasteiger partial charge < -0.3 is 9.64 Å². The second-order valence-electron chi connectivity index (χ2n) is 7.74. The molecule has 3 heteroatoms. The molecule has 1 amide bonds. The minimum absolute atomic E-state index is 0.235. The van der Waals surface area contributed by atoms with E-state index in [0.29, 0.717) is 11.9 Å². The van der Waals surface area contributed by atoms with Crippen molar-refractivity contribution in [3.63, 3.8) is 0 Å². The van der Waals surface area contributed by atoms with Gasteiger partial charge in [-0.15, -0.1) is 0 Å². The van der Waals surface area contributed by atoms with Crippen LogP contribution in [-0.4, -0.2) is 18.6 Å². The summed E-state index contributed by atoms with van der Waals surface area (Å²) < 4.78 is 5.68. The molecule has 1 aliphatic carbocycles. The molecule has 2 aromatic carbocycles. The van der Waals surface area contributed by atoms with E-state index in [1.54, 1.807) is 0 Å². The summed E-state index contributed by atoms with van der Waals surface area (Å²) in [6, 6.07) is 16.4. The lowest BCUT2D eigenvalue weighted by molar-refractivity contribution is -0.126. The number of ether oxygens (including phenoxy) is 1. The van der Waals surface area contributed by atoms with Crippen LogP contribution < -0.4 is 9.64 Å². The Bertz CT molecular complexity index is 866. The summed E-state index contributed by atoms with van der Waals surface area (Å²) in [4.78, 5) is 14.6. The summed E-state index contributed by atoms with van der Waals surface area (Å²) in [5.41, 5.74) is 2.94. The molecule has 1 saturated carbocycles. The SMILES string of the molecule is CCCCOc1ccc(C#Cc2ccc(N3C(=O)C4CCC3CC4)cc2)cc1. The van der Waals surface area contributed by atoms with Crippen LogP contribution in [0.2, 0.25) is 0 Å². The number of fused-ring (bicyclic) bond motifs is 3. The Hall–Kier alpha value is -2.73. The van der Waals surface area contributed by atoms with Crippen LogP contribution >= 0.6 is 0 Å². The second kappa shape index (κ2) is 8.52. The second-order valence-corrected chi connectivity index (χ2v) is 7.74. The Morgan fingerprint density at radius 3 is 2.11 bits per heavy atom. The van der Waals surface area contributed by atoms with Crippen LogP contribution in [0.3, 0.4) is 0 Å². The van der Waals surface area contributed by atoms with E-state index in [4.69, 9.17) is 4.74 Å². The average Bonchev–Trinajstić information content (AvgIpc) is 2.75. The molecule has 0 spiro atoms. The van der Waals surface area contributed by atoms with E-state index in [9.17, 15) is 4.79 Å². The summed E-state index contributed by atoms with van der Waals surface area (Å²) in [7, 11) is 0. The molecule has 3 aliphatic rings. The van der Waals surface area contributed by atoms with E-state index in [0.717, 1.165) is 67.7 Å². The Balaban J connectivity index is 1.41. The zero-order valence-corrected chi connectivity index (χ0v) is 16.5. The third-order valence-corrected chi connectivity index (χ3v) is 5.77. The van der Waals surface area contributed by atoms with Crippen molar-refractivity contribution in [3.8, 4) is 17.6 Å². The van der Waals surface area contributed by atoms with Crippen molar-refractivity contribution >= 4 is 11.6 Å². The van der Waals surface area contributed by atoms with Crippen LogP contribution in [0.4, 0.5) is 5.69 Å². The van der Waals surface area contributed by atoms with Crippen LogP contribution in [0.1, 0.15) is 56.6 Å². The van der Waals surface area contributed by atoms with Gasteiger partial charge >= 0.3 is 0 Å². The van der Waals surface area contributed by atoms with Gasteiger partial charge in [0.25, 0.3) is 0 Å². The standard InChI is InChI=1S/C25H27NO2/c1-2-3-18-28-24-16-8-20(9-17-24)5-4-19-6-12-22(13-7-19)26-23-14-10-21(11-15-23)25(26)27/h6-9,12-13,16-17,21,23H,2-3,10-11,14-15,18H2,1H3. The zero-order valence-electron chi connectivity index (χ0n) is 16.5. The third-order valence-electron chi connectivity index (χ3n) is 5.77. The van der Waals surface area contributed by atoms with Crippen LogP contribution in [0.15, 0.2) is 48.5 Å². The quantitative estimate of drug-likeness (QED) is 0.534. The predicted octanol–water partition coefficient (Wildman–Crippen LogP) is 5.17. The monoisotopic (exact) mass is 373 g/mol. The number of hydrogen-bond acceptors (Lipinski definition) is 2. The molecule has 144 valence electrons. The molecule has 2 aliphatic heterocycles. The van der Waals surface area contributed by atoms with Crippen LogP contribution in [0, 0.1) is 17.8 Å². The van der Waals surface area contributed by atoms with Crippen molar-refractivity contribution in [3.05, 3.63) is 59.7 Å². The fourth-order valence-electron chi connectivity index (χ4n) is 4.11. The highest BCUT2D eigenvalue weighted by Crippen LogP contribution is 2.38. The maximum absolute atomic E-state index is 12.6. The topological polar surface area (TPSA) is 29.5 Å². The number of carbonyl (C=O) groups is 1. The summed E-state index contributed by atoms with van der Waals surface area (Å²) in [5, 5.41) is 0. The average molecular weight is 373 g/mol. The van der Waals surface area contributed by atoms with Gasteiger partial charge in [0.05, 0.1) is 6.61 Å². The Morgan fingerprint density at radius 1 is 0.929 bits per heavy atom. The Morgan fingerprint density at radius 2 is 1.54 bits per heavy atom. The lowest BCUT2D eigenvalue weighted by atomic mass is 9.79. The van der Waals surface area contributed by atoms with Crippen LogP contribution in [-0.2, 0) is 4.79 Å². The number of unbranched alkanes of at least 4 members (excludes halogenated alkanes) is 1. The van der Waals surface area contributed by atoms with Gasteiger partial charge in [-0.05, 0) is 80.6 Å². The third kappa shape index (κ3) is 4.07. The molecule has 0 unspecified atom stereocenters. The van der Waals surface area contributed by atoms with Gasteiger partial charge in [-0.2, -0.15) is 0 Å². The largest absolute Gasteiger partial charge is 0.494 e. The van der Waals surface area contributed by atoms with E-state index in [1.807, 2.05) is 53.4 Å². The van der Waals surface area contributed by atoms with Gasteiger partial charge in [0.2, 0.25) is 5.91 Å². The molecule has 2 bridgehead atoms. The van der Waals surface area contributed by atoms with Crippen molar-refractivity contribution in [1.82, 2.24) is 0 Å². The lowest BCUT2D eigenvalue weighted by Crippen LogP contribution is -2.52. The number of nitrogens with zero attached hydrogens (tertiary/aromatic N) is 1. The summed E-state index contributed by atoms with van der Waals surface area (Å²) in [5.74, 6) is 7.85. The van der Waals surface area contributed by atoms with Crippen molar-refractivity contribution in [1.29, 1.82) is 0 Å². The first-order valence-electron chi connectivity index (χ1n) is 10.4. The van der Waals surface area contributed by atoms with E-state index in [1.165, 1.54) is 0 Å². The fourth-order valence-corrected chi connectivity index (χ4v) is 4.11. The van der Waals surface area contributed by atoms with Gasteiger partial charge in [0, 0.05) is 28.8 Å². The normalized spacial score (nSPS) is 20.6. The maximum Gasteiger partial charge on any atom is 0.230 e. The van der Waals surface area contributed by atoms with Crippen molar-refractivity contribution < 1.29 is 9.53 Å². The van der Waals surface area contributed by atoms with Gasteiger partial charge in [0.1, 0.15) is 5.75 Å². The molecule has 0 aromatic heterocycles. The molecular weight excluding hydrogens is 346 g/mol. The first-order chi connectivity index (χ1) is 13.7. The Labute approximate surface area is 167 Å². The lowest BCUT2D eigenvalue weighted by Gasteiger charge is -2.44. The smallest absolute Gasteiger partial charge is 0.230 e. The molecule has 0 N–H and O–H groups in total. The van der Waals surface area contributed by atoms with Gasteiger partial charge in [-0.25, -0.2) is 0 Å². The molecule has 2 aromatic rings. The first kappa shape index (κ1) is 18.6. The minimum Gasteiger partial charge on any atom is -0.494 e. The van der Waals surface area contributed by atoms with E-state index in [2.05, 4.69) is 18.8 Å². The highest BCUT2D eigenvalue weighted by molar-refractivity contribution is 5.97. The first-order valence-corrected chi connectivity index (χ1v) is 10.4. The number of rotatable bonds is 5. The molecule has 3 fully saturated rings. The molecule has 5 rings (SSSR count). The summed E-state index contributed by atoms with van der Waals surface area (Å²) in [6.45, 7) is 2.91. The highest BCUT2D eigenvalue weighted by Gasteiger charge is 2.40. The Kier molecular flexibility index (Phi) is 5.67. The van der Waals surface area contributed by atoms with E-state index >= 15 is 0 Å².